The Morgan fingerprint density at radius 2 is 1.77 bits per heavy atom. The minimum atomic E-state index is -0.679. The van der Waals surface area contributed by atoms with E-state index < -0.39 is 6.04 Å². The Morgan fingerprint density at radius 1 is 1.02 bits per heavy atom. The van der Waals surface area contributed by atoms with E-state index in [9.17, 15) is 9.90 Å². The number of allylic oxidation sites excluding steroid dienone is 1. The normalized spacial score (nSPS) is 36.7. The molecule has 4 unspecified atom stereocenters. The molecule has 0 spiro atoms. The van der Waals surface area contributed by atoms with Gasteiger partial charge in [0.15, 0.2) is 0 Å². The molecule has 1 aromatic rings. The highest BCUT2D eigenvalue weighted by Crippen LogP contribution is 2.67. The third kappa shape index (κ3) is 5.76. The number of carbonyl (C=O) groups is 1. The molecule has 4 aliphatic carbocycles. The molecule has 40 heavy (non-hydrogen) atoms. The first-order valence-electron chi connectivity index (χ1n) is 16.4. The fraction of sp³-hybridized carbons (Fsp3) is 0.750. The molecule has 0 heterocycles. The number of ether oxygens (including phenoxy) is 1. The second kappa shape index (κ2) is 11.8. The van der Waals surface area contributed by atoms with Crippen molar-refractivity contribution in [1.82, 2.24) is 0 Å². The van der Waals surface area contributed by atoms with Crippen molar-refractivity contribution in [3.8, 4) is 5.75 Å². The molecule has 0 aromatic heterocycles. The van der Waals surface area contributed by atoms with Crippen LogP contribution in [0.5, 0.6) is 5.75 Å². The van der Waals surface area contributed by atoms with Crippen molar-refractivity contribution >= 4 is 5.97 Å². The predicted molar refractivity (Wildman–Crippen MR) is 163 cm³/mol. The summed E-state index contributed by atoms with van der Waals surface area (Å²) >= 11 is 0. The Morgan fingerprint density at radius 3 is 2.50 bits per heavy atom. The molecular weight excluding hydrogens is 494 g/mol. The van der Waals surface area contributed by atoms with Gasteiger partial charge in [0, 0.05) is 6.42 Å². The number of phenolic OH excluding ortho intramolecular Hbond substituents is 1. The standard InChI is InChI=1S/C36H55NO3/c1-23(2)7-6-8-24(3)30-15-16-31-29-14-11-26-22-28(17-19-35(26,4)32(29)18-20-36(30,31)5)40-34(39)33(37)21-25-9-12-27(38)13-10-25/h9-13,23-24,28-33,38H,6-8,14-22,37H2,1-5H3/t24-,28?,29?,30-,31?,32?,33+,35+,36-/m1/s1. The van der Waals surface area contributed by atoms with Gasteiger partial charge in [0.2, 0.25) is 0 Å². The lowest BCUT2D eigenvalue weighted by molar-refractivity contribution is -0.153. The summed E-state index contributed by atoms with van der Waals surface area (Å²) in [5, 5.41) is 9.51. The minimum Gasteiger partial charge on any atom is -0.508 e. The highest BCUT2D eigenvalue weighted by Gasteiger charge is 2.59. The molecule has 0 bridgehead atoms. The van der Waals surface area contributed by atoms with E-state index >= 15 is 0 Å². The number of phenols is 1. The van der Waals surface area contributed by atoms with E-state index in [1.165, 1.54) is 51.4 Å². The first kappa shape index (κ1) is 29.7. The van der Waals surface area contributed by atoms with Crippen LogP contribution in [0.25, 0.3) is 0 Å². The zero-order valence-electron chi connectivity index (χ0n) is 25.8. The average molecular weight is 550 g/mol. The molecule has 222 valence electrons. The Bertz CT molecular complexity index is 1060. The third-order valence-corrected chi connectivity index (χ3v) is 12.2. The molecular formula is C36H55NO3. The number of benzene rings is 1. The zero-order chi connectivity index (χ0) is 28.7. The van der Waals surface area contributed by atoms with Crippen LogP contribution in [0.2, 0.25) is 0 Å². The molecule has 3 fully saturated rings. The van der Waals surface area contributed by atoms with Gasteiger partial charge in [-0.2, -0.15) is 0 Å². The molecule has 0 saturated heterocycles. The van der Waals surface area contributed by atoms with Crippen molar-refractivity contribution in [1.29, 1.82) is 0 Å². The van der Waals surface area contributed by atoms with Crippen LogP contribution in [0.3, 0.4) is 0 Å². The lowest BCUT2D eigenvalue weighted by atomic mass is 9.47. The lowest BCUT2D eigenvalue weighted by Crippen LogP contribution is -2.51. The van der Waals surface area contributed by atoms with E-state index in [4.69, 9.17) is 10.5 Å². The highest BCUT2D eigenvalue weighted by molar-refractivity contribution is 5.76. The predicted octanol–water partition coefficient (Wildman–Crippen LogP) is 8.22. The van der Waals surface area contributed by atoms with Crippen LogP contribution >= 0.6 is 0 Å². The van der Waals surface area contributed by atoms with Crippen LogP contribution in [-0.2, 0) is 16.0 Å². The van der Waals surface area contributed by atoms with E-state index in [0.717, 1.165) is 60.3 Å². The lowest BCUT2D eigenvalue weighted by Gasteiger charge is -2.58. The molecule has 4 aliphatic rings. The van der Waals surface area contributed by atoms with Crippen LogP contribution in [0.1, 0.15) is 111 Å². The van der Waals surface area contributed by atoms with Gasteiger partial charge in [0.1, 0.15) is 17.9 Å². The molecule has 5 rings (SSSR count). The quantitative estimate of drug-likeness (QED) is 0.240. The number of esters is 1. The number of rotatable bonds is 9. The maximum absolute atomic E-state index is 12.9. The first-order valence-corrected chi connectivity index (χ1v) is 16.4. The Hall–Kier alpha value is -1.81. The number of carbonyl (C=O) groups excluding carboxylic acids is 1. The fourth-order valence-corrected chi connectivity index (χ4v) is 9.97. The first-order chi connectivity index (χ1) is 19.0. The smallest absolute Gasteiger partial charge is 0.323 e. The van der Waals surface area contributed by atoms with E-state index in [1.54, 1.807) is 17.7 Å². The highest BCUT2D eigenvalue weighted by atomic mass is 16.5. The van der Waals surface area contributed by atoms with Gasteiger partial charge in [0.25, 0.3) is 0 Å². The largest absolute Gasteiger partial charge is 0.508 e. The molecule has 9 atom stereocenters. The Labute approximate surface area is 243 Å². The van der Waals surface area contributed by atoms with Crippen molar-refractivity contribution in [3.63, 3.8) is 0 Å². The van der Waals surface area contributed by atoms with Gasteiger partial charge < -0.3 is 15.6 Å². The molecule has 0 radical (unpaired) electrons. The van der Waals surface area contributed by atoms with Gasteiger partial charge in [-0.15, -0.1) is 0 Å². The zero-order valence-corrected chi connectivity index (χ0v) is 25.8. The Kier molecular flexibility index (Phi) is 8.77. The van der Waals surface area contributed by atoms with Gasteiger partial charge in [0.05, 0.1) is 0 Å². The van der Waals surface area contributed by atoms with E-state index in [0.29, 0.717) is 11.8 Å². The van der Waals surface area contributed by atoms with Crippen LogP contribution in [-0.4, -0.2) is 23.2 Å². The number of fused-ring (bicyclic) bond motifs is 5. The number of aromatic hydroxyl groups is 1. The van der Waals surface area contributed by atoms with Crippen molar-refractivity contribution in [2.45, 2.75) is 124 Å². The van der Waals surface area contributed by atoms with E-state index in [2.05, 4.69) is 40.7 Å². The van der Waals surface area contributed by atoms with Crippen molar-refractivity contribution in [3.05, 3.63) is 41.5 Å². The summed E-state index contributed by atoms with van der Waals surface area (Å²) in [5.74, 6) is 4.93. The van der Waals surface area contributed by atoms with Gasteiger partial charge in [-0.3, -0.25) is 4.79 Å². The molecule has 3 N–H and O–H groups in total. The van der Waals surface area contributed by atoms with Crippen molar-refractivity contribution in [2.24, 2.45) is 52.1 Å². The topological polar surface area (TPSA) is 72.5 Å². The van der Waals surface area contributed by atoms with Crippen molar-refractivity contribution < 1.29 is 14.6 Å². The van der Waals surface area contributed by atoms with Gasteiger partial charge in [-0.25, -0.2) is 0 Å². The minimum absolute atomic E-state index is 0.0642. The summed E-state index contributed by atoms with van der Waals surface area (Å²) in [6.45, 7) is 12.5. The molecule has 0 amide bonds. The number of hydrogen-bond acceptors (Lipinski definition) is 4. The molecule has 1 aromatic carbocycles. The van der Waals surface area contributed by atoms with Crippen molar-refractivity contribution in [2.75, 3.05) is 0 Å². The second-order valence-electron chi connectivity index (χ2n) is 15.1. The van der Waals surface area contributed by atoms with Crippen LogP contribution < -0.4 is 5.73 Å². The van der Waals surface area contributed by atoms with Crippen LogP contribution in [0.15, 0.2) is 35.9 Å². The summed E-state index contributed by atoms with van der Waals surface area (Å²) in [4.78, 5) is 12.9. The van der Waals surface area contributed by atoms with Gasteiger partial charge >= 0.3 is 5.97 Å². The summed E-state index contributed by atoms with van der Waals surface area (Å²) < 4.78 is 6.00. The Balaban J connectivity index is 1.20. The molecule has 0 aliphatic heterocycles. The van der Waals surface area contributed by atoms with E-state index in [1.807, 2.05) is 12.1 Å². The summed E-state index contributed by atoms with van der Waals surface area (Å²) in [5.41, 5.74) is 9.48. The molecule has 4 heteroatoms. The SMILES string of the molecule is CC(C)CCC[C@@H](C)[C@H]1CCC2C3CC=C4CC(OC(=O)[C@@H](N)Cc5ccc(O)cc5)CC[C@]4(C)C3CC[C@@]21C. The molecule has 3 saturated carbocycles. The van der Waals surface area contributed by atoms with Crippen LogP contribution in [0.4, 0.5) is 0 Å². The maximum atomic E-state index is 12.9. The maximum Gasteiger partial charge on any atom is 0.323 e. The number of nitrogens with two attached hydrogens (primary N) is 1. The monoisotopic (exact) mass is 549 g/mol. The fourth-order valence-electron chi connectivity index (χ4n) is 9.97. The van der Waals surface area contributed by atoms with E-state index in [-0.39, 0.29) is 23.2 Å². The summed E-state index contributed by atoms with van der Waals surface area (Å²) in [6, 6.07) is 6.21. The second-order valence-corrected chi connectivity index (χ2v) is 15.1. The van der Waals surface area contributed by atoms with Gasteiger partial charge in [-0.1, -0.05) is 77.7 Å². The summed E-state index contributed by atoms with van der Waals surface area (Å²) in [6.07, 6.45) is 16.8. The van der Waals surface area contributed by atoms with Gasteiger partial charge in [-0.05, 0) is 115 Å². The van der Waals surface area contributed by atoms with Crippen LogP contribution in [0, 0.1) is 46.3 Å². The number of hydrogen-bond donors (Lipinski definition) is 2. The third-order valence-electron chi connectivity index (χ3n) is 12.2. The molecule has 4 nitrogen and oxygen atoms in total. The average Bonchev–Trinajstić information content (AvgIpc) is 3.27. The summed E-state index contributed by atoms with van der Waals surface area (Å²) in [7, 11) is 0.